The van der Waals surface area contributed by atoms with E-state index in [-0.39, 0.29) is 21.4 Å². The third-order valence-electron chi connectivity index (χ3n) is 5.13. The van der Waals surface area contributed by atoms with Crippen molar-refractivity contribution < 1.29 is 9.18 Å². The first-order chi connectivity index (χ1) is 15.9. The molecule has 0 unspecified atom stereocenters. The maximum absolute atomic E-state index is 14.3. The molecular weight excluding hydrogens is 439 g/mol. The molecule has 0 aliphatic heterocycles. The zero-order chi connectivity index (χ0) is 23.5. The Kier molecular flexibility index (Phi) is 6.16. The van der Waals surface area contributed by atoms with E-state index in [4.69, 9.17) is 0 Å². The van der Waals surface area contributed by atoms with Crippen molar-refractivity contribution in [3.05, 3.63) is 103 Å². The summed E-state index contributed by atoms with van der Waals surface area (Å²) in [6.45, 7) is 1.96. The van der Waals surface area contributed by atoms with E-state index in [1.807, 2.05) is 25.1 Å². The number of Topliss-reactive ketones (excluding diaryl/α,β-unsaturated/α-hetero) is 1. The predicted molar refractivity (Wildman–Crippen MR) is 125 cm³/mol. The van der Waals surface area contributed by atoms with Gasteiger partial charge < -0.3 is 0 Å². The number of aromatic nitrogens is 3. The number of carbonyl (C=O) groups is 1. The molecule has 0 saturated heterocycles. The van der Waals surface area contributed by atoms with Crippen LogP contribution < -0.4 is 14.8 Å². The summed E-state index contributed by atoms with van der Waals surface area (Å²) in [5.74, 6) is -1.50. The summed E-state index contributed by atoms with van der Waals surface area (Å²) < 4.78 is 17.8. The Morgan fingerprint density at radius 2 is 1.94 bits per heavy atom. The van der Waals surface area contributed by atoms with Gasteiger partial charge in [0.15, 0.2) is 0 Å². The highest BCUT2D eigenvalue weighted by Gasteiger charge is 2.21. The summed E-state index contributed by atoms with van der Waals surface area (Å²) in [6, 6.07) is 14.7. The van der Waals surface area contributed by atoms with Crippen LogP contribution in [0.15, 0.2) is 65.7 Å². The van der Waals surface area contributed by atoms with E-state index < -0.39 is 11.6 Å². The highest BCUT2D eigenvalue weighted by atomic mass is 32.1. The van der Waals surface area contributed by atoms with Crippen LogP contribution in [0, 0.1) is 17.1 Å². The minimum absolute atomic E-state index is 0.159. The lowest BCUT2D eigenvalue weighted by atomic mass is 10.0. The molecule has 33 heavy (non-hydrogen) atoms. The molecule has 0 spiro atoms. The van der Waals surface area contributed by atoms with E-state index in [0.29, 0.717) is 22.2 Å². The molecule has 0 saturated carbocycles. The molecular formula is C25H19FN4O2S. The van der Waals surface area contributed by atoms with E-state index in [1.165, 1.54) is 22.8 Å². The first-order valence-corrected chi connectivity index (χ1v) is 11.0. The molecule has 4 rings (SSSR count). The highest BCUT2D eigenvalue weighted by molar-refractivity contribution is 7.07. The fourth-order valence-corrected chi connectivity index (χ4v) is 4.63. The number of carbonyl (C=O) groups excluding carboxylic acids is 1. The summed E-state index contributed by atoms with van der Waals surface area (Å²) in [7, 11) is 1.77. The second-order valence-electron chi connectivity index (χ2n) is 7.28. The molecule has 0 fully saturated rings. The van der Waals surface area contributed by atoms with Gasteiger partial charge in [0, 0.05) is 18.8 Å². The molecule has 8 heteroatoms. The lowest BCUT2D eigenvalue weighted by Gasteiger charge is -2.09. The molecule has 0 radical (unpaired) electrons. The summed E-state index contributed by atoms with van der Waals surface area (Å²) in [5.41, 5.74) is 1.28. The molecule has 2 heterocycles. The second kappa shape index (κ2) is 9.18. The van der Waals surface area contributed by atoms with Gasteiger partial charge in [-0.25, -0.2) is 4.39 Å². The van der Waals surface area contributed by atoms with Crippen molar-refractivity contribution in [2.75, 3.05) is 0 Å². The second-order valence-corrected chi connectivity index (χ2v) is 8.31. The van der Waals surface area contributed by atoms with Crippen LogP contribution in [-0.2, 0) is 13.5 Å². The molecule has 4 aromatic rings. The fraction of sp³-hybridized carbons (Fsp3) is 0.120. The van der Waals surface area contributed by atoms with E-state index in [2.05, 4.69) is 5.10 Å². The Morgan fingerprint density at radius 3 is 2.61 bits per heavy atom. The topological polar surface area (TPSA) is 80.7 Å². The summed E-state index contributed by atoms with van der Waals surface area (Å²) in [5, 5.41) is 14.0. The van der Waals surface area contributed by atoms with Gasteiger partial charge in [-0.1, -0.05) is 37.3 Å². The van der Waals surface area contributed by atoms with Gasteiger partial charge in [0.05, 0.1) is 22.0 Å². The number of nitrogens with zero attached hydrogens (tertiary/aromatic N) is 4. The zero-order valence-electron chi connectivity index (χ0n) is 17.9. The average molecular weight is 459 g/mol. The quantitative estimate of drug-likeness (QED) is 0.431. The number of thiazole rings is 1. The van der Waals surface area contributed by atoms with Gasteiger partial charge in [0.2, 0.25) is 5.78 Å². The number of hydrogen-bond donors (Lipinski definition) is 0. The molecule has 0 aliphatic carbocycles. The molecule has 0 N–H and O–H groups in total. The van der Waals surface area contributed by atoms with Crippen LogP contribution in [-0.4, -0.2) is 20.1 Å². The molecule has 6 nitrogen and oxygen atoms in total. The fourth-order valence-electron chi connectivity index (χ4n) is 3.54. The third-order valence-corrected chi connectivity index (χ3v) is 6.22. The minimum atomic E-state index is -0.771. The lowest BCUT2D eigenvalue weighted by molar-refractivity contribution is 0.105. The Hall–Kier alpha value is -4.09. The summed E-state index contributed by atoms with van der Waals surface area (Å²) >= 11 is 1.02. The largest absolute Gasteiger partial charge is 0.288 e. The van der Waals surface area contributed by atoms with Crippen molar-refractivity contribution in [3.8, 4) is 11.8 Å². The van der Waals surface area contributed by atoms with Crippen LogP contribution in [0.4, 0.5) is 4.39 Å². The summed E-state index contributed by atoms with van der Waals surface area (Å²) in [4.78, 5) is 26.7. The van der Waals surface area contributed by atoms with Crippen molar-refractivity contribution in [1.82, 2.24) is 14.3 Å². The molecule has 0 atom stereocenters. The number of benzene rings is 2. The van der Waals surface area contributed by atoms with Gasteiger partial charge in [-0.15, -0.1) is 11.3 Å². The Balaban J connectivity index is 2.11. The van der Waals surface area contributed by atoms with E-state index >= 15 is 0 Å². The zero-order valence-corrected chi connectivity index (χ0v) is 18.8. The maximum Gasteiger partial charge on any atom is 0.273 e. The van der Waals surface area contributed by atoms with Crippen molar-refractivity contribution in [1.29, 1.82) is 5.26 Å². The van der Waals surface area contributed by atoms with Gasteiger partial charge in [0.1, 0.15) is 22.1 Å². The monoisotopic (exact) mass is 458 g/mol. The molecule has 164 valence electrons. The van der Waals surface area contributed by atoms with Crippen LogP contribution in [0.25, 0.3) is 17.3 Å². The van der Waals surface area contributed by atoms with Gasteiger partial charge in [-0.2, -0.15) is 10.4 Å². The normalized spacial score (nSPS) is 12.5. The summed E-state index contributed by atoms with van der Waals surface area (Å²) in [6.07, 6.45) is 5.67. The third kappa shape index (κ3) is 4.19. The first kappa shape index (κ1) is 22.1. The smallest absolute Gasteiger partial charge is 0.273 e. The number of para-hydroxylation sites is 1. The average Bonchev–Trinajstić information content (AvgIpc) is 3.37. The standard InChI is InChI=1S/C25H19FN4O2S/c1-3-17-8-4-7-11-21(17)30-24(32)22(12-16-14-28-29(2)15-16)33-25(30)19(13-27)23(31)18-9-5-6-10-20(18)26/h4-12,14-15H,3H2,1-2H3/b22-12+,25-19-. The Bertz CT molecular complexity index is 1590. The van der Waals surface area contributed by atoms with Crippen LogP contribution >= 0.6 is 11.3 Å². The van der Waals surface area contributed by atoms with Gasteiger partial charge in [0.25, 0.3) is 5.56 Å². The van der Waals surface area contributed by atoms with E-state index in [9.17, 15) is 19.2 Å². The maximum atomic E-state index is 14.3. The van der Waals surface area contributed by atoms with Crippen LogP contribution in [0.3, 0.4) is 0 Å². The first-order valence-electron chi connectivity index (χ1n) is 10.2. The van der Waals surface area contributed by atoms with Gasteiger partial charge in [-0.3, -0.25) is 18.8 Å². The van der Waals surface area contributed by atoms with E-state index in [1.54, 1.807) is 42.3 Å². The number of rotatable bonds is 5. The number of aryl methyl sites for hydroxylation is 2. The molecule has 0 amide bonds. The van der Waals surface area contributed by atoms with Crippen molar-refractivity contribution >= 4 is 28.8 Å². The number of ketones is 1. The SMILES string of the molecule is CCc1ccccc1-n1c(=O)/c(=C\c2cnn(C)c2)s/c1=C(/C#N)C(=O)c1ccccc1F. The van der Waals surface area contributed by atoms with Crippen LogP contribution in [0.1, 0.15) is 28.4 Å². The Morgan fingerprint density at radius 1 is 1.21 bits per heavy atom. The number of nitriles is 1. The molecule has 2 aromatic carbocycles. The predicted octanol–water partition coefficient (Wildman–Crippen LogP) is 2.72. The molecule has 0 bridgehead atoms. The van der Waals surface area contributed by atoms with Gasteiger partial charge in [-0.05, 0) is 36.3 Å². The minimum Gasteiger partial charge on any atom is -0.288 e. The van der Waals surface area contributed by atoms with E-state index in [0.717, 1.165) is 23.0 Å². The number of halogens is 1. The lowest BCUT2D eigenvalue weighted by Crippen LogP contribution is -2.32. The van der Waals surface area contributed by atoms with Crippen LogP contribution in [0.5, 0.6) is 0 Å². The molecule has 0 aliphatic rings. The van der Waals surface area contributed by atoms with Crippen molar-refractivity contribution in [2.24, 2.45) is 7.05 Å². The Labute approximate surface area is 192 Å². The van der Waals surface area contributed by atoms with Crippen molar-refractivity contribution in [3.63, 3.8) is 0 Å². The van der Waals surface area contributed by atoms with Crippen LogP contribution in [0.2, 0.25) is 0 Å². The van der Waals surface area contributed by atoms with Gasteiger partial charge >= 0.3 is 0 Å². The van der Waals surface area contributed by atoms with Crippen molar-refractivity contribution in [2.45, 2.75) is 13.3 Å². The molecule has 2 aromatic heterocycles. The number of hydrogen-bond acceptors (Lipinski definition) is 5. The highest BCUT2D eigenvalue weighted by Crippen LogP contribution is 2.15.